The average molecular weight is 339 g/mol. The number of anilines is 1. The Balaban J connectivity index is 1.69. The molecule has 0 radical (unpaired) electrons. The van der Waals surface area contributed by atoms with E-state index in [1.54, 1.807) is 7.11 Å². The summed E-state index contributed by atoms with van der Waals surface area (Å²) in [6.07, 6.45) is 0. The van der Waals surface area contributed by atoms with Crippen LogP contribution in [0.4, 0.5) is 5.69 Å². The van der Waals surface area contributed by atoms with Crippen molar-refractivity contribution in [1.82, 2.24) is 5.01 Å². The molecule has 3 rings (SSSR count). The van der Waals surface area contributed by atoms with Crippen molar-refractivity contribution >= 4 is 11.4 Å². The van der Waals surface area contributed by atoms with Crippen LogP contribution in [-0.2, 0) is 0 Å². The van der Waals surface area contributed by atoms with Crippen molar-refractivity contribution in [1.29, 1.82) is 0 Å². The van der Waals surface area contributed by atoms with E-state index >= 15 is 0 Å². The molecule has 0 bridgehead atoms. The van der Waals surface area contributed by atoms with E-state index in [2.05, 4.69) is 34.2 Å². The minimum absolute atomic E-state index is 0.190. The molecule has 0 amide bonds. The van der Waals surface area contributed by atoms with Crippen molar-refractivity contribution in [2.75, 3.05) is 38.2 Å². The maximum atomic E-state index is 9.98. The van der Waals surface area contributed by atoms with Gasteiger partial charge in [-0.05, 0) is 43.7 Å². The molecule has 132 valence electrons. The van der Waals surface area contributed by atoms with E-state index in [-0.39, 0.29) is 5.75 Å². The second-order valence-corrected chi connectivity index (χ2v) is 6.31. The zero-order chi connectivity index (χ0) is 17.8. The van der Waals surface area contributed by atoms with E-state index in [0.29, 0.717) is 5.75 Å². The van der Waals surface area contributed by atoms with Crippen LogP contribution in [0, 0.1) is 6.92 Å². The smallest absolute Gasteiger partial charge is 0.161 e. The molecule has 1 saturated heterocycles. The molecule has 1 heterocycles. The van der Waals surface area contributed by atoms with Gasteiger partial charge in [0, 0.05) is 24.3 Å². The third-order valence-corrected chi connectivity index (χ3v) is 4.57. The predicted molar refractivity (Wildman–Crippen MR) is 102 cm³/mol. The molecular weight excluding hydrogens is 314 g/mol. The highest BCUT2D eigenvalue weighted by Crippen LogP contribution is 2.31. The second-order valence-electron chi connectivity index (χ2n) is 6.31. The molecule has 0 unspecified atom stereocenters. The van der Waals surface area contributed by atoms with Crippen LogP contribution in [0.2, 0.25) is 0 Å². The van der Waals surface area contributed by atoms with Gasteiger partial charge in [-0.15, -0.1) is 0 Å². The number of aryl methyl sites for hydroxylation is 1. The third kappa shape index (κ3) is 3.87. The molecular formula is C20H25N3O2. The number of methoxy groups -OCH3 is 1. The Bertz CT molecular complexity index is 751. The summed E-state index contributed by atoms with van der Waals surface area (Å²) >= 11 is 0. The molecule has 1 aliphatic heterocycles. The molecule has 0 saturated carbocycles. The summed E-state index contributed by atoms with van der Waals surface area (Å²) in [6.45, 7) is 7.56. The molecule has 1 aliphatic rings. The summed E-state index contributed by atoms with van der Waals surface area (Å²) in [5.74, 6) is 0.675. The second kappa shape index (κ2) is 7.47. The van der Waals surface area contributed by atoms with Gasteiger partial charge in [0.1, 0.15) is 0 Å². The highest BCUT2D eigenvalue weighted by atomic mass is 16.5. The van der Waals surface area contributed by atoms with Crippen LogP contribution >= 0.6 is 0 Å². The van der Waals surface area contributed by atoms with Crippen molar-refractivity contribution in [3.63, 3.8) is 0 Å². The number of benzene rings is 2. The van der Waals surface area contributed by atoms with Crippen LogP contribution in [0.5, 0.6) is 11.5 Å². The fraction of sp³-hybridized carbons (Fsp3) is 0.350. The Labute approximate surface area is 149 Å². The lowest BCUT2D eigenvalue weighted by Crippen LogP contribution is -2.44. The Morgan fingerprint density at radius 1 is 1.08 bits per heavy atom. The third-order valence-electron chi connectivity index (χ3n) is 4.57. The van der Waals surface area contributed by atoms with Crippen LogP contribution in [0.3, 0.4) is 0 Å². The topological polar surface area (TPSA) is 48.3 Å². The van der Waals surface area contributed by atoms with Crippen molar-refractivity contribution in [3.05, 3.63) is 53.6 Å². The quantitative estimate of drug-likeness (QED) is 0.869. The Kier molecular flexibility index (Phi) is 5.12. The largest absolute Gasteiger partial charge is 0.504 e. The van der Waals surface area contributed by atoms with Gasteiger partial charge >= 0.3 is 0 Å². The van der Waals surface area contributed by atoms with Crippen LogP contribution in [0.15, 0.2) is 47.6 Å². The number of hydrazone groups is 1. The van der Waals surface area contributed by atoms with Gasteiger partial charge in [-0.25, -0.2) is 0 Å². The number of nitrogens with zero attached hydrogens (tertiary/aromatic N) is 3. The van der Waals surface area contributed by atoms with E-state index in [9.17, 15) is 5.11 Å². The summed E-state index contributed by atoms with van der Waals surface area (Å²) in [5.41, 5.74) is 3.95. The zero-order valence-electron chi connectivity index (χ0n) is 15.1. The summed E-state index contributed by atoms with van der Waals surface area (Å²) in [6, 6.07) is 14.3. The normalized spacial score (nSPS) is 15.4. The Morgan fingerprint density at radius 2 is 1.76 bits per heavy atom. The van der Waals surface area contributed by atoms with Crippen molar-refractivity contribution in [2.45, 2.75) is 13.8 Å². The number of para-hydroxylation sites is 1. The van der Waals surface area contributed by atoms with Gasteiger partial charge in [0.05, 0.1) is 25.9 Å². The minimum Gasteiger partial charge on any atom is -0.504 e. The first kappa shape index (κ1) is 17.1. The first-order chi connectivity index (χ1) is 12.1. The number of piperazine rings is 1. The summed E-state index contributed by atoms with van der Waals surface area (Å²) < 4.78 is 5.24. The predicted octanol–water partition coefficient (Wildman–Crippen LogP) is 3.26. The van der Waals surface area contributed by atoms with Gasteiger partial charge in [0.25, 0.3) is 0 Å². The SMILES string of the molecule is COc1cc(/C(C)=N/N2CCN(c3ccccc3)CC2)cc(C)c1O. The van der Waals surface area contributed by atoms with Gasteiger partial charge in [0.2, 0.25) is 0 Å². The molecule has 1 N–H and O–H groups in total. The molecule has 0 aliphatic carbocycles. The van der Waals surface area contributed by atoms with Gasteiger partial charge in [0.15, 0.2) is 11.5 Å². The van der Waals surface area contributed by atoms with Gasteiger partial charge in [-0.1, -0.05) is 18.2 Å². The molecule has 2 aromatic carbocycles. The number of aromatic hydroxyl groups is 1. The molecule has 0 aromatic heterocycles. The van der Waals surface area contributed by atoms with Crippen LogP contribution in [0.1, 0.15) is 18.1 Å². The Morgan fingerprint density at radius 3 is 2.40 bits per heavy atom. The fourth-order valence-electron chi connectivity index (χ4n) is 3.07. The number of phenols is 1. The summed E-state index contributed by atoms with van der Waals surface area (Å²) in [4.78, 5) is 2.38. The zero-order valence-corrected chi connectivity index (χ0v) is 15.1. The van der Waals surface area contributed by atoms with E-state index in [1.165, 1.54) is 5.69 Å². The monoisotopic (exact) mass is 339 g/mol. The molecule has 0 atom stereocenters. The highest BCUT2D eigenvalue weighted by molar-refractivity contribution is 5.99. The van der Waals surface area contributed by atoms with E-state index in [1.807, 2.05) is 32.0 Å². The molecule has 25 heavy (non-hydrogen) atoms. The molecule has 0 spiro atoms. The number of ether oxygens (including phenoxy) is 1. The van der Waals surface area contributed by atoms with Crippen molar-refractivity contribution < 1.29 is 9.84 Å². The average Bonchev–Trinajstić information content (AvgIpc) is 2.65. The molecule has 5 nitrogen and oxygen atoms in total. The van der Waals surface area contributed by atoms with Crippen LogP contribution in [-0.4, -0.2) is 49.1 Å². The lowest BCUT2D eigenvalue weighted by molar-refractivity contribution is 0.270. The molecule has 1 fully saturated rings. The summed E-state index contributed by atoms with van der Waals surface area (Å²) in [7, 11) is 1.56. The van der Waals surface area contributed by atoms with Gasteiger partial charge < -0.3 is 14.7 Å². The van der Waals surface area contributed by atoms with E-state index < -0.39 is 0 Å². The first-order valence-electron chi connectivity index (χ1n) is 8.56. The number of phenolic OH excluding ortho intramolecular Hbond substituents is 1. The van der Waals surface area contributed by atoms with Gasteiger partial charge in [-0.3, -0.25) is 5.01 Å². The molecule has 5 heteroatoms. The first-order valence-corrected chi connectivity index (χ1v) is 8.56. The van der Waals surface area contributed by atoms with Crippen LogP contribution in [0.25, 0.3) is 0 Å². The van der Waals surface area contributed by atoms with Crippen molar-refractivity contribution in [2.24, 2.45) is 5.10 Å². The number of rotatable bonds is 4. The minimum atomic E-state index is 0.190. The standard InChI is InChI=1S/C20H25N3O2/c1-15-13-17(14-19(25-3)20(15)24)16(2)21-23-11-9-22(10-12-23)18-7-5-4-6-8-18/h4-8,13-14,24H,9-12H2,1-3H3/b21-16+. The maximum absolute atomic E-state index is 9.98. The maximum Gasteiger partial charge on any atom is 0.161 e. The molecule has 2 aromatic rings. The van der Waals surface area contributed by atoms with Crippen molar-refractivity contribution in [3.8, 4) is 11.5 Å². The van der Waals surface area contributed by atoms with E-state index in [0.717, 1.165) is 43.0 Å². The highest BCUT2D eigenvalue weighted by Gasteiger charge is 2.16. The van der Waals surface area contributed by atoms with Gasteiger partial charge in [-0.2, -0.15) is 5.10 Å². The lowest BCUT2D eigenvalue weighted by atomic mass is 10.1. The fourth-order valence-corrected chi connectivity index (χ4v) is 3.07. The number of hydrogen-bond acceptors (Lipinski definition) is 5. The number of hydrogen-bond donors (Lipinski definition) is 1. The Hall–Kier alpha value is -2.69. The lowest BCUT2D eigenvalue weighted by Gasteiger charge is -2.35. The van der Waals surface area contributed by atoms with Crippen LogP contribution < -0.4 is 9.64 Å². The summed E-state index contributed by atoms with van der Waals surface area (Å²) in [5, 5.41) is 16.9. The van der Waals surface area contributed by atoms with E-state index in [4.69, 9.17) is 9.84 Å².